The highest BCUT2D eigenvalue weighted by Gasteiger charge is 2.26. The van der Waals surface area contributed by atoms with Gasteiger partial charge in [-0.15, -0.1) is 0 Å². The molecule has 1 aliphatic rings. The van der Waals surface area contributed by atoms with Crippen molar-refractivity contribution in [3.8, 4) is 11.1 Å². The highest BCUT2D eigenvalue weighted by atomic mass is 19.1. The summed E-state index contributed by atoms with van der Waals surface area (Å²) in [6.45, 7) is 1.65. The van der Waals surface area contributed by atoms with Crippen molar-refractivity contribution in [2.24, 2.45) is 0 Å². The predicted molar refractivity (Wildman–Crippen MR) is 127 cm³/mol. The highest BCUT2D eigenvalue weighted by Crippen LogP contribution is 2.29. The van der Waals surface area contributed by atoms with Crippen molar-refractivity contribution < 1.29 is 10.6 Å². The van der Waals surface area contributed by atoms with E-state index in [0.29, 0.717) is 23.0 Å². The van der Waals surface area contributed by atoms with Gasteiger partial charge in [-0.05, 0) is 62.0 Å². The van der Waals surface area contributed by atoms with Gasteiger partial charge in [0.15, 0.2) is 0 Å². The van der Waals surface area contributed by atoms with E-state index in [1.54, 1.807) is 13.1 Å². The van der Waals surface area contributed by atoms with Gasteiger partial charge in [-0.25, -0.2) is 4.39 Å². The van der Waals surface area contributed by atoms with Crippen LogP contribution < -0.4 is 9.80 Å². The minimum absolute atomic E-state index is 0. The van der Waals surface area contributed by atoms with Crippen LogP contribution in [-0.4, -0.2) is 51.1 Å². The van der Waals surface area contributed by atoms with Crippen LogP contribution in [0.2, 0.25) is 0 Å². The minimum atomic E-state index is -0.295. The van der Waals surface area contributed by atoms with Crippen molar-refractivity contribution in [1.29, 1.82) is 0 Å². The SMILES string of the molecule is CN(C(=O)c1ccc(-c2ccccc2)cc1)c1ccc(N2CCC(N(C)C)C2)c(F)c1.[HH]. The molecule has 1 fully saturated rings. The summed E-state index contributed by atoms with van der Waals surface area (Å²) in [5, 5.41) is 0. The van der Waals surface area contributed by atoms with Crippen LogP contribution in [-0.2, 0) is 0 Å². The van der Waals surface area contributed by atoms with Gasteiger partial charge in [0.2, 0.25) is 0 Å². The minimum Gasteiger partial charge on any atom is -0.368 e. The summed E-state index contributed by atoms with van der Waals surface area (Å²) in [6.07, 6.45) is 1.02. The first-order chi connectivity index (χ1) is 14.9. The lowest BCUT2D eigenvalue weighted by Gasteiger charge is -2.24. The second kappa shape index (κ2) is 8.90. The van der Waals surface area contributed by atoms with Crippen LogP contribution in [0.15, 0.2) is 72.8 Å². The van der Waals surface area contributed by atoms with Crippen molar-refractivity contribution in [3.63, 3.8) is 0 Å². The fourth-order valence-corrected chi connectivity index (χ4v) is 4.09. The second-order valence-corrected chi connectivity index (χ2v) is 8.30. The number of anilines is 2. The summed E-state index contributed by atoms with van der Waals surface area (Å²) in [5.41, 5.74) is 3.87. The number of rotatable bonds is 5. The van der Waals surface area contributed by atoms with E-state index in [0.717, 1.165) is 30.6 Å². The average Bonchev–Trinajstić information content (AvgIpc) is 3.29. The number of nitrogens with zero attached hydrogens (tertiary/aromatic N) is 3. The summed E-state index contributed by atoms with van der Waals surface area (Å²) < 4.78 is 14.9. The van der Waals surface area contributed by atoms with Crippen LogP contribution in [0.4, 0.5) is 15.8 Å². The van der Waals surface area contributed by atoms with Gasteiger partial charge in [0.05, 0.1) is 5.69 Å². The molecule has 1 heterocycles. The fourth-order valence-electron chi connectivity index (χ4n) is 4.09. The third-order valence-corrected chi connectivity index (χ3v) is 6.10. The van der Waals surface area contributed by atoms with Crippen LogP contribution in [0.25, 0.3) is 11.1 Å². The van der Waals surface area contributed by atoms with Gasteiger partial charge >= 0.3 is 0 Å². The Labute approximate surface area is 185 Å². The zero-order valence-electron chi connectivity index (χ0n) is 18.3. The Morgan fingerprint density at radius 3 is 2.26 bits per heavy atom. The molecule has 0 N–H and O–H groups in total. The number of halogens is 1. The summed E-state index contributed by atoms with van der Waals surface area (Å²) in [7, 11) is 5.79. The largest absolute Gasteiger partial charge is 0.368 e. The summed E-state index contributed by atoms with van der Waals surface area (Å²) >= 11 is 0. The third kappa shape index (κ3) is 4.47. The molecule has 3 aromatic rings. The zero-order chi connectivity index (χ0) is 22.0. The van der Waals surface area contributed by atoms with E-state index in [-0.39, 0.29) is 13.2 Å². The van der Waals surface area contributed by atoms with Crippen LogP contribution in [0.1, 0.15) is 18.2 Å². The van der Waals surface area contributed by atoms with E-state index in [2.05, 4.69) is 23.9 Å². The van der Waals surface area contributed by atoms with Crippen LogP contribution in [0.5, 0.6) is 0 Å². The van der Waals surface area contributed by atoms with Crippen molar-refractivity contribution in [1.82, 2.24) is 4.90 Å². The molecule has 1 saturated heterocycles. The van der Waals surface area contributed by atoms with E-state index in [4.69, 9.17) is 0 Å². The predicted octanol–water partition coefficient (Wildman–Crippen LogP) is 5.16. The van der Waals surface area contributed by atoms with Crippen molar-refractivity contribution in [2.75, 3.05) is 44.0 Å². The first kappa shape index (κ1) is 21.1. The number of likely N-dealkylation sites (N-methyl/N-ethyl adjacent to an activating group) is 1. The maximum Gasteiger partial charge on any atom is 0.258 e. The smallest absolute Gasteiger partial charge is 0.258 e. The molecule has 1 unspecified atom stereocenters. The summed E-state index contributed by atoms with van der Waals surface area (Å²) in [5.74, 6) is -0.461. The van der Waals surface area contributed by atoms with Crippen molar-refractivity contribution in [2.45, 2.75) is 12.5 Å². The Kier molecular flexibility index (Phi) is 6.05. The third-order valence-electron chi connectivity index (χ3n) is 6.10. The maximum atomic E-state index is 14.9. The van der Waals surface area contributed by atoms with Gasteiger partial charge in [0.25, 0.3) is 5.91 Å². The van der Waals surface area contributed by atoms with Crippen molar-refractivity contribution >= 4 is 17.3 Å². The molecular formula is C26H30FN3O. The van der Waals surface area contributed by atoms with Crippen LogP contribution in [0, 0.1) is 5.82 Å². The van der Waals surface area contributed by atoms with E-state index in [1.807, 2.05) is 60.7 Å². The lowest BCUT2D eigenvalue weighted by molar-refractivity contribution is 0.0993. The number of hydrogen-bond donors (Lipinski definition) is 0. The van der Waals surface area contributed by atoms with Gasteiger partial charge in [-0.1, -0.05) is 42.5 Å². The molecule has 0 radical (unpaired) electrons. The summed E-state index contributed by atoms with van der Waals surface area (Å²) in [6, 6.07) is 23.0. The van der Waals surface area contributed by atoms with E-state index < -0.39 is 0 Å². The van der Waals surface area contributed by atoms with Gasteiger partial charge < -0.3 is 14.7 Å². The molecule has 0 bridgehead atoms. The van der Waals surface area contributed by atoms with Gasteiger partial charge in [0, 0.05) is 38.9 Å². The molecule has 31 heavy (non-hydrogen) atoms. The summed E-state index contributed by atoms with van der Waals surface area (Å²) in [4.78, 5) is 18.7. The van der Waals surface area contributed by atoms with E-state index >= 15 is 0 Å². The van der Waals surface area contributed by atoms with Crippen LogP contribution >= 0.6 is 0 Å². The Morgan fingerprint density at radius 1 is 0.968 bits per heavy atom. The van der Waals surface area contributed by atoms with Crippen LogP contribution in [0.3, 0.4) is 0 Å². The number of hydrogen-bond acceptors (Lipinski definition) is 3. The number of carbonyl (C=O) groups excluding carboxylic acids is 1. The quantitative estimate of drug-likeness (QED) is 0.572. The topological polar surface area (TPSA) is 26.8 Å². The van der Waals surface area contributed by atoms with Gasteiger partial charge in [0.1, 0.15) is 5.82 Å². The standard InChI is InChI=1S/C26H28FN3O.H2/c1-28(2)23-15-16-30(18-23)25-14-13-22(17-24(25)27)29(3)26(31)21-11-9-20(10-12-21)19-7-5-4-6-8-19;/h4-14,17,23H,15-16,18H2,1-3H3;1H. The molecule has 5 heteroatoms. The molecule has 0 saturated carbocycles. The average molecular weight is 420 g/mol. The number of benzene rings is 3. The molecule has 1 amide bonds. The molecule has 3 aromatic carbocycles. The zero-order valence-corrected chi connectivity index (χ0v) is 18.3. The Hall–Kier alpha value is -3.18. The normalized spacial score (nSPS) is 16.0. The number of amides is 1. The fraction of sp³-hybridized carbons (Fsp3) is 0.269. The van der Waals surface area contributed by atoms with Gasteiger partial charge in [-0.3, -0.25) is 4.79 Å². The molecule has 162 valence electrons. The van der Waals surface area contributed by atoms with E-state index in [9.17, 15) is 9.18 Å². The molecule has 1 aliphatic heterocycles. The molecule has 4 nitrogen and oxygen atoms in total. The maximum absolute atomic E-state index is 14.9. The van der Waals surface area contributed by atoms with Gasteiger partial charge in [-0.2, -0.15) is 0 Å². The lowest BCUT2D eigenvalue weighted by Crippen LogP contribution is -2.31. The highest BCUT2D eigenvalue weighted by molar-refractivity contribution is 6.06. The molecule has 0 spiro atoms. The second-order valence-electron chi connectivity index (χ2n) is 8.30. The van der Waals surface area contributed by atoms with Crippen molar-refractivity contribution in [3.05, 3.63) is 84.2 Å². The first-order valence-electron chi connectivity index (χ1n) is 10.6. The lowest BCUT2D eigenvalue weighted by atomic mass is 10.0. The Balaban J connectivity index is 0.00000289. The molecule has 4 rings (SSSR count). The Morgan fingerprint density at radius 2 is 1.65 bits per heavy atom. The monoisotopic (exact) mass is 419 g/mol. The first-order valence-corrected chi connectivity index (χ1v) is 10.6. The molecule has 0 aliphatic carbocycles. The molecule has 1 atom stereocenters. The van der Waals surface area contributed by atoms with E-state index in [1.165, 1.54) is 11.0 Å². The molecule has 0 aromatic heterocycles. The Bertz CT molecular complexity index is 1060. The number of carbonyl (C=O) groups is 1. The molecular weight excluding hydrogens is 389 g/mol.